The quantitative estimate of drug-likeness (QED) is 0.764. The fraction of sp³-hybridized carbons (Fsp3) is 0.917. The van der Waals surface area contributed by atoms with Crippen molar-refractivity contribution >= 4 is 5.91 Å². The summed E-state index contributed by atoms with van der Waals surface area (Å²) < 4.78 is 5.58. The molecule has 1 amide bonds. The van der Waals surface area contributed by atoms with Crippen LogP contribution in [0.1, 0.15) is 26.2 Å². The zero-order chi connectivity index (χ0) is 11.4. The van der Waals surface area contributed by atoms with E-state index in [9.17, 15) is 4.79 Å². The van der Waals surface area contributed by atoms with Crippen LogP contribution in [0, 0.1) is 5.92 Å². The van der Waals surface area contributed by atoms with Crippen molar-refractivity contribution in [1.29, 1.82) is 0 Å². The van der Waals surface area contributed by atoms with E-state index in [0.29, 0.717) is 17.9 Å². The van der Waals surface area contributed by atoms with E-state index in [2.05, 4.69) is 5.32 Å². The van der Waals surface area contributed by atoms with Gasteiger partial charge in [0, 0.05) is 26.1 Å². The third-order valence-electron chi connectivity index (χ3n) is 3.53. The lowest BCUT2D eigenvalue weighted by molar-refractivity contribution is -0.135. The van der Waals surface area contributed by atoms with Gasteiger partial charge < -0.3 is 15.0 Å². The van der Waals surface area contributed by atoms with E-state index in [1.54, 1.807) is 0 Å². The summed E-state index contributed by atoms with van der Waals surface area (Å²) in [5.41, 5.74) is 0. The molecule has 2 aliphatic rings. The number of nitrogens with one attached hydrogen (secondary N) is 1. The summed E-state index contributed by atoms with van der Waals surface area (Å²) in [5, 5.41) is 3.20. The molecule has 2 aliphatic heterocycles. The largest absolute Gasteiger partial charge is 0.378 e. The van der Waals surface area contributed by atoms with Gasteiger partial charge in [-0.15, -0.1) is 0 Å². The molecule has 1 N–H and O–H groups in total. The average molecular weight is 226 g/mol. The highest BCUT2D eigenvalue weighted by atomic mass is 16.5. The summed E-state index contributed by atoms with van der Waals surface area (Å²) in [7, 11) is 0. The summed E-state index contributed by atoms with van der Waals surface area (Å²) in [6.07, 6.45) is 3.11. The Kier molecular flexibility index (Phi) is 4.18. The van der Waals surface area contributed by atoms with Gasteiger partial charge >= 0.3 is 0 Å². The van der Waals surface area contributed by atoms with Gasteiger partial charge in [0.25, 0.3) is 0 Å². The second-order valence-corrected chi connectivity index (χ2v) is 4.76. The molecule has 2 saturated heterocycles. The molecule has 4 nitrogen and oxygen atoms in total. The molecule has 92 valence electrons. The standard InChI is InChI=1S/C12H22N2O2/c1-2-16-11-3-5-14(6-4-11)12(15)7-10-8-13-9-10/h10-11,13H,2-9H2,1H3. The summed E-state index contributed by atoms with van der Waals surface area (Å²) in [5.74, 6) is 0.915. The predicted octanol–water partition coefficient (Wildman–Crippen LogP) is 0.623. The number of amides is 1. The van der Waals surface area contributed by atoms with Crippen molar-refractivity contribution in [3.05, 3.63) is 0 Å². The third-order valence-corrected chi connectivity index (χ3v) is 3.53. The summed E-state index contributed by atoms with van der Waals surface area (Å²) in [4.78, 5) is 13.9. The number of likely N-dealkylation sites (tertiary alicyclic amines) is 1. The number of nitrogens with zero attached hydrogens (tertiary/aromatic N) is 1. The fourth-order valence-electron chi connectivity index (χ4n) is 2.38. The van der Waals surface area contributed by atoms with E-state index >= 15 is 0 Å². The van der Waals surface area contributed by atoms with Crippen molar-refractivity contribution in [2.24, 2.45) is 5.92 Å². The number of carbonyl (C=O) groups excluding carboxylic acids is 1. The van der Waals surface area contributed by atoms with Crippen LogP contribution in [0.5, 0.6) is 0 Å². The zero-order valence-corrected chi connectivity index (χ0v) is 10.1. The summed E-state index contributed by atoms with van der Waals surface area (Å²) >= 11 is 0. The normalized spacial score (nSPS) is 23.2. The van der Waals surface area contributed by atoms with Crippen LogP contribution in [-0.4, -0.2) is 49.7 Å². The van der Waals surface area contributed by atoms with E-state index in [1.165, 1.54) is 0 Å². The molecule has 4 heteroatoms. The van der Waals surface area contributed by atoms with Crippen molar-refractivity contribution in [2.45, 2.75) is 32.3 Å². The maximum absolute atomic E-state index is 11.9. The monoisotopic (exact) mass is 226 g/mol. The Bertz CT molecular complexity index is 233. The first-order chi connectivity index (χ1) is 7.79. The van der Waals surface area contributed by atoms with E-state index in [0.717, 1.165) is 52.0 Å². The molecule has 0 aliphatic carbocycles. The minimum Gasteiger partial charge on any atom is -0.378 e. The Morgan fingerprint density at radius 3 is 2.56 bits per heavy atom. The van der Waals surface area contributed by atoms with Crippen LogP contribution in [0.15, 0.2) is 0 Å². The smallest absolute Gasteiger partial charge is 0.222 e. The van der Waals surface area contributed by atoms with Crippen LogP contribution in [0.25, 0.3) is 0 Å². The molecule has 2 rings (SSSR count). The molecule has 0 bridgehead atoms. The fourth-order valence-corrected chi connectivity index (χ4v) is 2.38. The van der Waals surface area contributed by atoms with Crippen molar-refractivity contribution in [1.82, 2.24) is 10.2 Å². The number of hydrogen-bond acceptors (Lipinski definition) is 3. The molecule has 0 saturated carbocycles. The van der Waals surface area contributed by atoms with Crippen LogP contribution >= 0.6 is 0 Å². The van der Waals surface area contributed by atoms with Crippen molar-refractivity contribution in [2.75, 3.05) is 32.8 Å². The first kappa shape index (κ1) is 11.9. The van der Waals surface area contributed by atoms with Crippen LogP contribution in [0.4, 0.5) is 0 Å². The van der Waals surface area contributed by atoms with E-state index in [1.807, 2.05) is 11.8 Å². The molecular formula is C12H22N2O2. The first-order valence-corrected chi connectivity index (χ1v) is 6.39. The van der Waals surface area contributed by atoms with E-state index in [4.69, 9.17) is 4.74 Å². The summed E-state index contributed by atoms with van der Waals surface area (Å²) in [6.45, 7) is 6.60. The highest BCUT2D eigenvalue weighted by molar-refractivity contribution is 5.76. The molecule has 0 aromatic carbocycles. The van der Waals surface area contributed by atoms with Gasteiger partial charge in [0.05, 0.1) is 6.10 Å². The molecule has 2 fully saturated rings. The topological polar surface area (TPSA) is 41.6 Å². The minimum absolute atomic E-state index is 0.335. The Labute approximate surface area is 97.3 Å². The molecule has 0 aromatic heterocycles. The van der Waals surface area contributed by atoms with Gasteiger partial charge in [-0.05, 0) is 38.8 Å². The van der Waals surface area contributed by atoms with Gasteiger partial charge in [-0.2, -0.15) is 0 Å². The van der Waals surface area contributed by atoms with Gasteiger partial charge in [0.1, 0.15) is 0 Å². The Morgan fingerprint density at radius 2 is 2.06 bits per heavy atom. The highest BCUT2D eigenvalue weighted by Gasteiger charge is 2.26. The number of piperidine rings is 1. The lowest BCUT2D eigenvalue weighted by atomic mass is 9.97. The van der Waals surface area contributed by atoms with Crippen molar-refractivity contribution in [3.8, 4) is 0 Å². The van der Waals surface area contributed by atoms with Crippen LogP contribution in [-0.2, 0) is 9.53 Å². The maximum atomic E-state index is 11.9. The Morgan fingerprint density at radius 1 is 1.38 bits per heavy atom. The molecule has 0 radical (unpaired) electrons. The van der Waals surface area contributed by atoms with Crippen LogP contribution in [0.2, 0.25) is 0 Å². The van der Waals surface area contributed by atoms with E-state index < -0.39 is 0 Å². The lowest BCUT2D eigenvalue weighted by Crippen LogP contribution is -2.47. The second-order valence-electron chi connectivity index (χ2n) is 4.76. The molecular weight excluding hydrogens is 204 g/mol. The molecule has 0 spiro atoms. The Balaban J connectivity index is 1.68. The van der Waals surface area contributed by atoms with Crippen molar-refractivity contribution in [3.63, 3.8) is 0 Å². The van der Waals surface area contributed by atoms with Gasteiger partial charge in [-0.3, -0.25) is 4.79 Å². The average Bonchev–Trinajstić information content (AvgIpc) is 2.25. The first-order valence-electron chi connectivity index (χ1n) is 6.39. The summed E-state index contributed by atoms with van der Waals surface area (Å²) in [6, 6.07) is 0. The molecule has 2 heterocycles. The molecule has 0 aromatic rings. The predicted molar refractivity (Wildman–Crippen MR) is 62.2 cm³/mol. The zero-order valence-electron chi connectivity index (χ0n) is 10.1. The lowest BCUT2D eigenvalue weighted by Gasteiger charge is -2.34. The minimum atomic E-state index is 0.335. The number of ether oxygens (including phenoxy) is 1. The van der Waals surface area contributed by atoms with Gasteiger partial charge in [-0.25, -0.2) is 0 Å². The van der Waals surface area contributed by atoms with Crippen LogP contribution in [0.3, 0.4) is 0 Å². The third kappa shape index (κ3) is 2.95. The Hall–Kier alpha value is -0.610. The SMILES string of the molecule is CCOC1CCN(C(=O)CC2CNC2)CC1. The number of rotatable bonds is 4. The highest BCUT2D eigenvalue weighted by Crippen LogP contribution is 2.17. The molecule has 16 heavy (non-hydrogen) atoms. The maximum Gasteiger partial charge on any atom is 0.222 e. The second kappa shape index (κ2) is 5.64. The number of hydrogen-bond donors (Lipinski definition) is 1. The molecule has 0 atom stereocenters. The van der Waals surface area contributed by atoms with Crippen LogP contribution < -0.4 is 5.32 Å². The van der Waals surface area contributed by atoms with Gasteiger partial charge in [-0.1, -0.05) is 0 Å². The van der Waals surface area contributed by atoms with Crippen molar-refractivity contribution < 1.29 is 9.53 Å². The van der Waals surface area contributed by atoms with Gasteiger partial charge in [0.2, 0.25) is 5.91 Å². The molecule has 0 unspecified atom stereocenters. The van der Waals surface area contributed by atoms with E-state index in [-0.39, 0.29) is 0 Å². The van der Waals surface area contributed by atoms with Gasteiger partial charge in [0.15, 0.2) is 0 Å². The number of carbonyl (C=O) groups is 1.